The van der Waals surface area contributed by atoms with Gasteiger partial charge in [-0.3, -0.25) is 14.2 Å². The van der Waals surface area contributed by atoms with Crippen LogP contribution in [-0.2, 0) is 4.79 Å². The van der Waals surface area contributed by atoms with E-state index in [9.17, 15) is 9.59 Å². The molecule has 1 aliphatic rings. The topological polar surface area (TPSA) is 81.9 Å². The van der Waals surface area contributed by atoms with Crippen LogP contribution in [-0.4, -0.2) is 23.7 Å². The number of benzene rings is 3. The SMILES string of the molecule is C#CCOc1ccc(/C=c2\sc3n(c2=O)[C@H](c2ccc(OCC)cc2)C(C(=O)Nc2ccccc2)=C(C)N=3)cc1Br. The van der Waals surface area contributed by atoms with E-state index in [2.05, 4.69) is 27.2 Å². The number of allylic oxidation sites excluding steroid dienone is 1. The summed E-state index contributed by atoms with van der Waals surface area (Å²) in [5.74, 6) is 3.44. The molecule has 7 nitrogen and oxygen atoms in total. The molecule has 9 heteroatoms. The summed E-state index contributed by atoms with van der Waals surface area (Å²) in [5, 5.41) is 2.97. The lowest BCUT2D eigenvalue weighted by Gasteiger charge is -2.25. The predicted molar refractivity (Wildman–Crippen MR) is 165 cm³/mol. The van der Waals surface area contributed by atoms with Crippen molar-refractivity contribution in [1.82, 2.24) is 4.57 Å². The molecule has 0 spiro atoms. The number of hydrogen-bond acceptors (Lipinski definition) is 6. The summed E-state index contributed by atoms with van der Waals surface area (Å²) >= 11 is 4.79. The summed E-state index contributed by atoms with van der Waals surface area (Å²) in [4.78, 5) is 32.9. The molecule has 1 atom stereocenters. The van der Waals surface area contributed by atoms with Gasteiger partial charge in [0.05, 0.1) is 32.9 Å². The number of anilines is 1. The molecule has 0 saturated carbocycles. The van der Waals surface area contributed by atoms with Crippen LogP contribution in [0.25, 0.3) is 6.08 Å². The predicted octanol–water partition coefficient (Wildman–Crippen LogP) is 5.05. The third kappa shape index (κ3) is 6.04. The molecule has 0 bridgehead atoms. The second-order valence-corrected chi connectivity index (χ2v) is 11.0. The Labute approximate surface area is 249 Å². The summed E-state index contributed by atoms with van der Waals surface area (Å²) in [6.07, 6.45) is 7.10. The van der Waals surface area contributed by atoms with Gasteiger partial charge in [-0.2, -0.15) is 0 Å². The fourth-order valence-electron chi connectivity index (χ4n) is 4.55. The Morgan fingerprint density at radius 3 is 2.59 bits per heavy atom. The minimum Gasteiger partial charge on any atom is -0.494 e. The van der Waals surface area contributed by atoms with E-state index in [4.69, 9.17) is 20.9 Å². The second kappa shape index (κ2) is 12.4. The van der Waals surface area contributed by atoms with Crippen molar-refractivity contribution in [3.63, 3.8) is 0 Å². The highest BCUT2D eigenvalue weighted by atomic mass is 79.9. The maximum atomic E-state index is 13.9. The molecule has 0 fully saturated rings. The van der Waals surface area contributed by atoms with E-state index in [-0.39, 0.29) is 18.1 Å². The van der Waals surface area contributed by atoms with Gasteiger partial charge in [-0.05, 0) is 83.4 Å². The van der Waals surface area contributed by atoms with Gasteiger partial charge in [0.15, 0.2) is 4.80 Å². The summed E-state index contributed by atoms with van der Waals surface area (Å²) in [5.41, 5.74) is 2.92. The molecule has 4 aromatic rings. The van der Waals surface area contributed by atoms with E-state index in [1.54, 1.807) is 23.6 Å². The normalized spacial score (nSPS) is 14.6. The van der Waals surface area contributed by atoms with E-state index >= 15 is 0 Å². The largest absolute Gasteiger partial charge is 0.494 e. The Morgan fingerprint density at radius 2 is 1.90 bits per heavy atom. The van der Waals surface area contributed by atoms with Crippen LogP contribution in [0.2, 0.25) is 0 Å². The van der Waals surface area contributed by atoms with Crippen LogP contribution in [0.5, 0.6) is 11.5 Å². The lowest BCUT2D eigenvalue weighted by molar-refractivity contribution is -0.113. The summed E-state index contributed by atoms with van der Waals surface area (Å²) in [6.45, 7) is 4.40. The number of aromatic nitrogens is 1. The quantitative estimate of drug-likeness (QED) is 0.277. The number of hydrogen-bond donors (Lipinski definition) is 1. The van der Waals surface area contributed by atoms with Crippen molar-refractivity contribution >= 4 is 44.9 Å². The van der Waals surface area contributed by atoms with Crippen molar-refractivity contribution in [2.75, 3.05) is 18.5 Å². The van der Waals surface area contributed by atoms with Crippen LogP contribution in [0.3, 0.4) is 0 Å². The number of thiazole rings is 1. The van der Waals surface area contributed by atoms with Gasteiger partial charge >= 0.3 is 0 Å². The minimum absolute atomic E-state index is 0.154. The number of fused-ring (bicyclic) bond motifs is 1. The highest BCUT2D eigenvalue weighted by Gasteiger charge is 2.32. The monoisotopic (exact) mass is 627 g/mol. The lowest BCUT2D eigenvalue weighted by Crippen LogP contribution is -2.40. The summed E-state index contributed by atoms with van der Waals surface area (Å²) < 4.78 is 14.0. The zero-order valence-electron chi connectivity index (χ0n) is 22.4. The number of carbonyl (C=O) groups excluding carboxylic acids is 1. The van der Waals surface area contributed by atoms with Crippen molar-refractivity contribution in [2.24, 2.45) is 4.99 Å². The molecule has 0 saturated heterocycles. The van der Waals surface area contributed by atoms with E-state index in [0.717, 1.165) is 15.6 Å². The number of terminal acetylenes is 1. The highest BCUT2D eigenvalue weighted by molar-refractivity contribution is 9.10. The molecule has 3 aromatic carbocycles. The van der Waals surface area contributed by atoms with Gasteiger partial charge in [-0.1, -0.05) is 53.7 Å². The van der Waals surface area contributed by atoms with Crippen molar-refractivity contribution in [1.29, 1.82) is 0 Å². The van der Waals surface area contributed by atoms with E-state index in [0.29, 0.717) is 44.4 Å². The molecule has 5 rings (SSSR count). The highest BCUT2D eigenvalue weighted by Crippen LogP contribution is 2.32. The zero-order chi connectivity index (χ0) is 28.9. The van der Waals surface area contributed by atoms with Crippen molar-refractivity contribution in [3.05, 3.63) is 119 Å². The summed E-state index contributed by atoms with van der Waals surface area (Å²) in [7, 11) is 0. The second-order valence-electron chi connectivity index (χ2n) is 9.09. The molecule has 0 unspecified atom stereocenters. The molecule has 1 aromatic heterocycles. The average Bonchev–Trinajstić information content (AvgIpc) is 3.27. The van der Waals surface area contributed by atoms with Crippen LogP contribution >= 0.6 is 27.3 Å². The Hall–Kier alpha value is -4.39. The first-order valence-corrected chi connectivity index (χ1v) is 14.5. The number of para-hydroxylation sites is 1. The first-order chi connectivity index (χ1) is 19.9. The fourth-order valence-corrected chi connectivity index (χ4v) is 6.11. The molecular formula is C32H26BrN3O4S. The van der Waals surface area contributed by atoms with Gasteiger partial charge in [-0.25, -0.2) is 4.99 Å². The van der Waals surface area contributed by atoms with Crippen LogP contribution in [0.4, 0.5) is 5.69 Å². The smallest absolute Gasteiger partial charge is 0.271 e. The summed E-state index contributed by atoms with van der Waals surface area (Å²) in [6, 6.07) is 21.5. The molecule has 2 heterocycles. The van der Waals surface area contributed by atoms with E-state index in [1.165, 1.54) is 11.3 Å². The van der Waals surface area contributed by atoms with Crippen molar-refractivity contribution in [3.8, 4) is 23.8 Å². The first-order valence-electron chi connectivity index (χ1n) is 12.9. The number of nitrogens with one attached hydrogen (secondary N) is 1. The van der Waals surface area contributed by atoms with Gasteiger partial charge in [0.25, 0.3) is 11.5 Å². The third-order valence-corrected chi connectivity index (χ3v) is 7.97. The third-order valence-electron chi connectivity index (χ3n) is 6.37. The average molecular weight is 629 g/mol. The number of nitrogens with zero attached hydrogens (tertiary/aromatic N) is 2. The molecule has 0 radical (unpaired) electrons. The van der Waals surface area contributed by atoms with Crippen molar-refractivity contribution in [2.45, 2.75) is 19.9 Å². The van der Waals surface area contributed by atoms with Gasteiger partial charge in [0.1, 0.15) is 18.1 Å². The molecule has 1 aliphatic heterocycles. The molecule has 41 heavy (non-hydrogen) atoms. The Bertz CT molecular complexity index is 1850. The van der Waals surface area contributed by atoms with Crippen LogP contribution in [0.15, 0.2) is 98.3 Å². The molecule has 1 amide bonds. The van der Waals surface area contributed by atoms with Crippen molar-refractivity contribution < 1.29 is 14.3 Å². The van der Waals surface area contributed by atoms with Gasteiger partial charge in [0.2, 0.25) is 0 Å². The standard InChI is InChI=1S/C32H26BrN3O4S/c1-4-17-40-26-16-11-21(18-25(26)33)19-27-31(38)36-29(22-12-14-24(15-13-22)39-5-2)28(20(3)34-32(36)41-27)30(37)35-23-9-7-6-8-10-23/h1,6-16,18-19,29H,5,17H2,2-3H3,(H,35,37)/b27-19-/t29-/m1/s1. The fraction of sp³-hybridized carbons (Fsp3) is 0.156. The zero-order valence-corrected chi connectivity index (χ0v) is 24.8. The molecular weight excluding hydrogens is 602 g/mol. The number of halogens is 1. The first kappa shape index (κ1) is 28.1. The molecule has 0 aliphatic carbocycles. The van der Waals surface area contributed by atoms with Gasteiger partial charge < -0.3 is 14.8 Å². The van der Waals surface area contributed by atoms with Crippen LogP contribution in [0, 0.1) is 12.3 Å². The van der Waals surface area contributed by atoms with Crippen LogP contribution in [0.1, 0.15) is 31.0 Å². The lowest BCUT2D eigenvalue weighted by atomic mass is 9.95. The van der Waals surface area contributed by atoms with E-state index < -0.39 is 6.04 Å². The maximum Gasteiger partial charge on any atom is 0.271 e. The van der Waals surface area contributed by atoms with Gasteiger partial charge in [0, 0.05) is 5.69 Å². The number of ether oxygens (including phenoxy) is 2. The molecule has 1 N–H and O–H groups in total. The van der Waals surface area contributed by atoms with Gasteiger partial charge in [-0.15, -0.1) is 6.42 Å². The molecule has 206 valence electrons. The Balaban J connectivity index is 1.61. The number of rotatable bonds is 8. The Kier molecular flexibility index (Phi) is 8.53. The van der Waals surface area contributed by atoms with Crippen LogP contribution < -0.4 is 29.7 Å². The Morgan fingerprint density at radius 1 is 1.15 bits per heavy atom. The number of amides is 1. The maximum absolute atomic E-state index is 13.9. The van der Waals surface area contributed by atoms with E-state index in [1.807, 2.05) is 73.7 Å². The minimum atomic E-state index is -0.681. The number of carbonyl (C=O) groups is 1.